The predicted octanol–water partition coefficient (Wildman–Crippen LogP) is 2.56. The van der Waals surface area contributed by atoms with Crippen LogP contribution in [0.1, 0.15) is 30.4 Å². The molecule has 2 rings (SSSR count). The summed E-state index contributed by atoms with van der Waals surface area (Å²) in [6, 6.07) is 9.22. The van der Waals surface area contributed by atoms with Crippen LogP contribution in [-0.2, 0) is 9.53 Å². The number of carbonyl (C=O) groups is 1. The molecule has 1 aromatic rings. The van der Waals surface area contributed by atoms with E-state index in [-0.39, 0.29) is 12.1 Å². The molecule has 0 bridgehead atoms. The molecular weight excluding hydrogens is 238 g/mol. The summed E-state index contributed by atoms with van der Waals surface area (Å²) in [5, 5.41) is 8.68. The minimum Gasteiger partial charge on any atom is -0.459 e. The van der Waals surface area contributed by atoms with E-state index in [0.29, 0.717) is 12.0 Å². The average molecular weight is 251 g/mol. The van der Waals surface area contributed by atoms with Crippen LogP contribution in [0.2, 0.25) is 0 Å². The first-order valence-electron chi connectivity index (χ1n) is 6.14. The van der Waals surface area contributed by atoms with Gasteiger partial charge in [0.1, 0.15) is 6.10 Å². The smallest absolute Gasteiger partial charge is 0.330 e. The zero-order valence-corrected chi connectivity index (χ0v) is 10.4. The Bertz CT molecular complexity index is 582. The van der Waals surface area contributed by atoms with Crippen molar-refractivity contribution in [2.45, 2.75) is 25.4 Å². The predicted molar refractivity (Wildman–Crippen MR) is 70.9 cm³/mol. The van der Waals surface area contributed by atoms with Gasteiger partial charge in [0.05, 0.1) is 11.6 Å². The van der Waals surface area contributed by atoms with Crippen LogP contribution in [0.3, 0.4) is 0 Å². The van der Waals surface area contributed by atoms with Gasteiger partial charge in [-0.05, 0) is 30.7 Å². The maximum atomic E-state index is 11.0. The first kappa shape index (κ1) is 12.9. The van der Waals surface area contributed by atoms with Gasteiger partial charge in [0.2, 0.25) is 0 Å². The number of benzene rings is 1. The third kappa shape index (κ3) is 4.01. The lowest BCUT2D eigenvalue weighted by atomic mass is 10.1. The Morgan fingerprint density at radius 1 is 1.26 bits per heavy atom. The van der Waals surface area contributed by atoms with Crippen LogP contribution in [0.25, 0.3) is 0 Å². The van der Waals surface area contributed by atoms with Crippen LogP contribution < -0.4 is 0 Å². The van der Waals surface area contributed by atoms with Gasteiger partial charge < -0.3 is 4.74 Å². The lowest BCUT2D eigenvalue weighted by Crippen LogP contribution is -2.19. The van der Waals surface area contributed by atoms with Crippen molar-refractivity contribution in [3.05, 3.63) is 47.5 Å². The average Bonchev–Trinajstić information content (AvgIpc) is 2.44. The Morgan fingerprint density at radius 2 is 2.00 bits per heavy atom. The third-order valence-corrected chi connectivity index (χ3v) is 2.77. The fourth-order valence-electron chi connectivity index (χ4n) is 1.77. The van der Waals surface area contributed by atoms with Gasteiger partial charge in [0, 0.05) is 24.5 Å². The lowest BCUT2D eigenvalue weighted by Gasteiger charge is -2.16. The number of esters is 1. The number of rotatable bonds is 2. The molecule has 0 radical (unpaired) electrons. The number of cyclic esters (lactones) is 1. The quantitative estimate of drug-likeness (QED) is 0.599. The molecule has 3 heteroatoms. The largest absolute Gasteiger partial charge is 0.459 e. The molecule has 1 atom stereocenters. The topological polar surface area (TPSA) is 50.1 Å². The summed E-state index contributed by atoms with van der Waals surface area (Å²) < 4.78 is 5.14. The zero-order chi connectivity index (χ0) is 13.5. The van der Waals surface area contributed by atoms with Crippen molar-refractivity contribution < 1.29 is 9.53 Å². The minimum absolute atomic E-state index is 0.0484. The van der Waals surface area contributed by atoms with E-state index in [1.165, 1.54) is 6.08 Å². The molecule has 1 heterocycles. The van der Waals surface area contributed by atoms with Crippen molar-refractivity contribution in [3.63, 3.8) is 0 Å². The third-order valence-electron chi connectivity index (χ3n) is 2.77. The number of nitriles is 1. The number of nitrogens with zero attached hydrogens (tertiary/aromatic N) is 1. The molecule has 3 nitrogen and oxygen atoms in total. The molecule has 0 spiro atoms. The van der Waals surface area contributed by atoms with Crippen LogP contribution in [-0.4, -0.2) is 12.1 Å². The normalized spacial score (nSPS) is 17.0. The second-order valence-electron chi connectivity index (χ2n) is 4.23. The van der Waals surface area contributed by atoms with Gasteiger partial charge in [-0.2, -0.15) is 5.26 Å². The first-order chi connectivity index (χ1) is 9.28. The molecule has 0 saturated heterocycles. The maximum Gasteiger partial charge on any atom is 0.330 e. The standard InChI is InChI=1S/C16H13NO2/c17-12-14-10-8-13(9-11-14)4-1-2-5-15-6-3-7-16(18)19-15/h3,7-11,15H,2,5-6H2. The summed E-state index contributed by atoms with van der Waals surface area (Å²) in [6.45, 7) is 0. The molecule has 0 saturated carbocycles. The highest BCUT2D eigenvalue weighted by Crippen LogP contribution is 2.12. The second-order valence-corrected chi connectivity index (χ2v) is 4.23. The molecule has 0 fully saturated rings. The maximum absolute atomic E-state index is 11.0. The van der Waals surface area contributed by atoms with Crippen molar-refractivity contribution in [2.24, 2.45) is 0 Å². The molecule has 1 aliphatic heterocycles. The monoisotopic (exact) mass is 251 g/mol. The number of hydrogen-bond donors (Lipinski definition) is 0. The Hall–Kier alpha value is -2.52. The molecule has 94 valence electrons. The van der Waals surface area contributed by atoms with Crippen LogP contribution in [0.4, 0.5) is 0 Å². The molecule has 0 aromatic heterocycles. The van der Waals surface area contributed by atoms with Gasteiger partial charge >= 0.3 is 5.97 Å². The molecule has 1 unspecified atom stereocenters. The van der Waals surface area contributed by atoms with Crippen LogP contribution in [0.5, 0.6) is 0 Å². The second kappa shape index (κ2) is 6.42. The highest BCUT2D eigenvalue weighted by Gasteiger charge is 2.14. The van der Waals surface area contributed by atoms with Crippen LogP contribution in [0, 0.1) is 23.2 Å². The molecule has 0 aliphatic carbocycles. The molecule has 0 N–H and O–H groups in total. The zero-order valence-electron chi connectivity index (χ0n) is 10.4. The van der Waals surface area contributed by atoms with E-state index in [1.807, 2.05) is 18.2 Å². The van der Waals surface area contributed by atoms with Crippen molar-refractivity contribution >= 4 is 5.97 Å². The Morgan fingerprint density at radius 3 is 2.68 bits per heavy atom. The summed E-state index contributed by atoms with van der Waals surface area (Å²) in [7, 11) is 0. The van der Waals surface area contributed by atoms with E-state index in [0.717, 1.165) is 18.4 Å². The lowest BCUT2D eigenvalue weighted by molar-refractivity contribution is -0.144. The fraction of sp³-hybridized carbons (Fsp3) is 0.250. The summed E-state index contributed by atoms with van der Waals surface area (Å²) in [4.78, 5) is 11.0. The van der Waals surface area contributed by atoms with Gasteiger partial charge in [0.15, 0.2) is 0 Å². The van der Waals surface area contributed by atoms with Gasteiger partial charge in [-0.1, -0.05) is 17.9 Å². The Kier molecular flexibility index (Phi) is 4.37. The van der Waals surface area contributed by atoms with E-state index >= 15 is 0 Å². The highest BCUT2D eigenvalue weighted by molar-refractivity contribution is 5.82. The summed E-state index contributed by atoms with van der Waals surface area (Å²) in [6.07, 6.45) is 5.45. The van der Waals surface area contributed by atoms with Gasteiger partial charge in [-0.25, -0.2) is 4.79 Å². The molecule has 1 aromatic carbocycles. The Labute approximate surface area is 112 Å². The van der Waals surface area contributed by atoms with Gasteiger partial charge in [-0.3, -0.25) is 0 Å². The van der Waals surface area contributed by atoms with Crippen molar-refractivity contribution in [2.75, 3.05) is 0 Å². The van der Waals surface area contributed by atoms with Crippen LogP contribution in [0.15, 0.2) is 36.4 Å². The molecule has 1 aliphatic rings. The van der Waals surface area contributed by atoms with E-state index in [4.69, 9.17) is 10.00 Å². The SMILES string of the molecule is N#Cc1ccc(C#CCCC2CC=CC(=O)O2)cc1. The molecule has 19 heavy (non-hydrogen) atoms. The van der Waals surface area contributed by atoms with E-state index < -0.39 is 0 Å². The number of carbonyl (C=O) groups excluding carboxylic acids is 1. The molecule has 0 amide bonds. The van der Waals surface area contributed by atoms with Gasteiger partial charge in [0.25, 0.3) is 0 Å². The molecular formula is C16H13NO2. The number of hydrogen-bond acceptors (Lipinski definition) is 3. The summed E-state index contributed by atoms with van der Waals surface area (Å²) >= 11 is 0. The first-order valence-corrected chi connectivity index (χ1v) is 6.14. The highest BCUT2D eigenvalue weighted by atomic mass is 16.5. The summed E-state index contributed by atoms with van der Waals surface area (Å²) in [5.41, 5.74) is 1.52. The van der Waals surface area contributed by atoms with E-state index in [2.05, 4.69) is 17.9 Å². The van der Waals surface area contributed by atoms with Crippen LogP contribution >= 0.6 is 0 Å². The minimum atomic E-state index is -0.267. The van der Waals surface area contributed by atoms with E-state index in [1.54, 1.807) is 12.1 Å². The van der Waals surface area contributed by atoms with Crippen molar-refractivity contribution in [3.8, 4) is 17.9 Å². The van der Waals surface area contributed by atoms with E-state index in [9.17, 15) is 4.79 Å². The van der Waals surface area contributed by atoms with Gasteiger partial charge in [-0.15, -0.1) is 0 Å². The Balaban J connectivity index is 1.82. The number of ether oxygens (including phenoxy) is 1. The summed E-state index contributed by atoms with van der Waals surface area (Å²) in [5.74, 6) is 5.81. The van der Waals surface area contributed by atoms with Crippen molar-refractivity contribution in [1.82, 2.24) is 0 Å². The van der Waals surface area contributed by atoms with Crippen molar-refractivity contribution in [1.29, 1.82) is 5.26 Å². The fourth-order valence-corrected chi connectivity index (χ4v) is 1.77.